The van der Waals surface area contributed by atoms with Gasteiger partial charge in [-0.25, -0.2) is 4.39 Å². The minimum absolute atomic E-state index is 0. The molecule has 1 heterocycles. The summed E-state index contributed by atoms with van der Waals surface area (Å²) in [5, 5.41) is 2.95. The molecule has 24 heavy (non-hydrogen) atoms. The van der Waals surface area contributed by atoms with E-state index in [4.69, 9.17) is 4.74 Å². The lowest BCUT2D eigenvalue weighted by Crippen LogP contribution is -2.51. The van der Waals surface area contributed by atoms with Crippen LogP contribution in [-0.2, 0) is 9.59 Å². The van der Waals surface area contributed by atoms with Gasteiger partial charge in [-0.3, -0.25) is 9.59 Å². The molecule has 0 spiro atoms. The van der Waals surface area contributed by atoms with E-state index >= 15 is 0 Å². The van der Waals surface area contributed by atoms with Crippen LogP contribution >= 0.6 is 12.4 Å². The lowest BCUT2D eigenvalue weighted by molar-refractivity contribution is -0.140. The van der Waals surface area contributed by atoms with Gasteiger partial charge >= 0.3 is 0 Å². The number of benzene rings is 1. The Hall–Kier alpha value is -1.86. The number of halogens is 2. The predicted octanol–water partition coefficient (Wildman–Crippen LogP) is 0.907. The molecule has 2 amide bonds. The molecule has 0 aliphatic carbocycles. The van der Waals surface area contributed by atoms with Crippen molar-refractivity contribution in [1.29, 1.82) is 0 Å². The molecule has 0 radical (unpaired) electrons. The highest BCUT2D eigenvalue weighted by Gasteiger charge is 2.23. The van der Waals surface area contributed by atoms with Crippen LogP contribution in [0.25, 0.3) is 0 Å². The smallest absolute Gasteiger partial charge is 0.260 e. The Morgan fingerprint density at radius 3 is 2.17 bits per heavy atom. The first-order valence-electron chi connectivity index (χ1n) is 7.68. The number of carbonyl (C=O) groups is 2. The van der Waals surface area contributed by atoms with Crippen LogP contribution in [0.15, 0.2) is 24.3 Å². The molecule has 1 fully saturated rings. The SMILES string of the molecule is CNCCC(=O)N1CCN(C(=O)COc2ccc(F)cc2)CC1.Cl. The van der Waals surface area contributed by atoms with Gasteiger partial charge in [-0.1, -0.05) is 0 Å². The van der Waals surface area contributed by atoms with Crippen molar-refractivity contribution in [3.63, 3.8) is 0 Å². The molecule has 1 saturated heterocycles. The monoisotopic (exact) mass is 359 g/mol. The van der Waals surface area contributed by atoms with Gasteiger partial charge in [0.05, 0.1) is 0 Å². The first kappa shape index (κ1) is 20.2. The zero-order valence-electron chi connectivity index (χ0n) is 13.7. The molecular weight excluding hydrogens is 337 g/mol. The van der Waals surface area contributed by atoms with Crippen molar-refractivity contribution >= 4 is 24.2 Å². The standard InChI is InChI=1S/C16H22FN3O3.ClH/c1-18-7-6-15(21)19-8-10-20(11-9-19)16(22)12-23-14-4-2-13(17)3-5-14;/h2-5,18H,6-12H2,1H3;1H. The minimum atomic E-state index is -0.345. The Kier molecular flexibility index (Phi) is 8.49. The summed E-state index contributed by atoms with van der Waals surface area (Å²) in [6, 6.07) is 5.55. The van der Waals surface area contributed by atoms with Crippen LogP contribution in [0.4, 0.5) is 4.39 Å². The van der Waals surface area contributed by atoms with Crippen molar-refractivity contribution in [3.8, 4) is 5.75 Å². The van der Waals surface area contributed by atoms with Crippen molar-refractivity contribution in [1.82, 2.24) is 15.1 Å². The number of ether oxygens (including phenoxy) is 1. The molecule has 6 nitrogen and oxygen atoms in total. The highest BCUT2D eigenvalue weighted by molar-refractivity contribution is 5.85. The average Bonchev–Trinajstić information content (AvgIpc) is 2.59. The number of nitrogens with one attached hydrogen (secondary N) is 1. The molecule has 1 aliphatic rings. The van der Waals surface area contributed by atoms with Gasteiger partial charge in [0.2, 0.25) is 5.91 Å². The van der Waals surface area contributed by atoms with Crippen LogP contribution in [0, 0.1) is 5.82 Å². The van der Waals surface area contributed by atoms with E-state index in [0.29, 0.717) is 44.9 Å². The van der Waals surface area contributed by atoms with E-state index < -0.39 is 0 Å². The van der Waals surface area contributed by atoms with E-state index in [2.05, 4.69) is 5.32 Å². The molecule has 2 rings (SSSR count). The maximum atomic E-state index is 12.8. The van der Waals surface area contributed by atoms with Gasteiger partial charge < -0.3 is 19.9 Å². The third-order valence-corrected chi connectivity index (χ3v) is 3.75. The normalized spacial score (nSPS) is 14.1. The molecule has 1 N–H and O–H groups in total. The van der Waals surface area contributed by atoms with E-state index in [-0.39, 0.29) is 36.6 Å². The number of hydrogen-bond acceptors (Lipinski definition) is 4. The summed E-state index contributed by atoms with van der Waals surface area (Å²) < 4.78 is 18.1. The molecule has 0 aromatic heterocycles. The summed E-state index contributed by atoms with van der Waals surface area (Å²) in [4.78, 5) is 27.5. The summed E-state index contributed by atoms with van der Waals surface area (Å²) in [6.07, 6.45) is 0.470. The second-order valence-electron chi connectivity index (χ2n) is 5.36. The topological polar surface area (TPSA) is 61.9 Å². The molecule has 0 atom stereocenters. The van der Waals surface area contributed by atoms with E-state index in [0.717, 1.165) is 0 Å². The van der Waals surface area contributed by atoms with Gasteiger partial charge in [-0.15, -0.1) is 12.4 Å². The van der Waals surface area contributed by atoms with E-state index in [1.807, 2.05) is 7.05 Å². The van der Waals surface area contributed by atoms with Crippen molar-refractivity contribution in [3.05, 3.63) is 30.1 Å². The van der Waals surface area contributed by atoms with Crippen molar-refractivity contribution in [2.45, 2.75) is 6.42 Å². The number of nitrogens with zero attached hydrogens (tertiary/aromatic N) is 2. The number of piperazine rings is 1. The van der Waals surface area contributed by atoms with Crippen molar-refractivity contribution in [2.75, 3.05) is 46.4 Å². The van der Waals surface area contributed by atoms with Crippen molar-refractivity contribution < 1.29 is 18.7 Å². The largest absolute Gasteiger partial charge is 0.484 e. The van der Waals surface area contributed by atoms with Crippen LogP contribution in [0.5, 0.6) is 5.75 Å². The van der Waals surface area contributed by atoms with E-state index in [1.165, 1.54) is 24.3 Å². The van der Waals surface area contributed by atoms with Crippen LogP contribution < -0.4 is 10.1 Å². The highest BCUT2D eigenvalue weighted by atomic mass is 35.5. The second kappa shape index (κ2) is 10.1. The fourth-order valence-electron chi connectivity index (χ4n) is 2.36. The molecule has 0 unspecified atom stereocenters. The lowest BCUT2D eigenvalue weighted by Gasteiger charge is -2.34. The average molecular weight is 360 g/mol. The second-order valence-corrected chi connectivity index (χ2v) is 5.36. The first-order chi connectivity index (χ1) is 11.1. The fraction of sp³-hybridized carbons (Fsp3) is 0.500. The van der Waals surface area contributed by atoms with E-state index in [9.17, 15) is 14.0 Å². The molecule has 1 aromatic carbocycles. The lowest BCUT2D eigenvalue weighted by atomic mass is 10.2. The molecule has 0 bridgehead atoms. The van der Waals surface area contributed by atoms with Gasteiger partial charge in [-0.05, 0) is 31.3 Å². The Morgan fingerprint density at radius 2 is 1.62 bits per heavy atom. The molecule has 0 saturated carbocycles. The van der Waals surface area contributed by atoms with Gasteiger partial charge in [0.15, 0.2) is 6.61 Å². The summed E-state index contributed by atoms with van der Waals surface area (Å²) in [5.74, 6) is 0.0917. The minimum Gasteiger partial charge on any atom is -0.484 e. The quantitative estimate of drug-likeness (QED) is 0.820. The van der Waals surface area contributed by atoms with Crippen LogP contribution in [0.1, 0.15) is 6.42 Å². The number of amides is 2. The molecule has 134 valence electrons. The van der Waals surface area contributed by atoms with Gasteiger partial charge in [0, 0.05) is 39.1 Å². The molecule has 1 aliphatic heterocycles. The van der Waals surface area contributed by atoms with Gasteiger partial charge in [0.25, 0.3) is 5.91 Å². The zero-order chi connectivity index (χ0) is 16.7. The summed E-state index contributed by atoms with van der Waals surface area (Å²) in [6.45, 7) is 2.69. The predicted molar refractivity (Wildman–Crippen MR) is 90.8 cm³/mol. The maximum absolute atomic E-state index is 12.8. The zero-order valence-corrected chi connectivity index (χ0v) is 14.5. The Labute approximate surface area is 147 Å². The maximum Gasteiger partial charge on any atom is 0.260 e. The Morgan fingerprint density at radius 1 is 1.08 bits per heavy atom. The van der Waals surface area contributed by atoms with Crippen LogP contribution in [0.2, 0.25) is 0 Å². The Bertz CT molecular complexity index is 534. The van der Waals surface area contributed by atoms with Gasteiger partial charge in [0.1, 0.15) is 11.6 Å². The third-order valence-electron chi connectivity index (χ3n) is 3.75. The van der Waals surface area contributed by atoms with Crippen LogP contribution in [-0.4, -0.2) is 68.0 Å². The number of carbonyl (C=O) groups excluding carboxylic acids is 2. The number of rotatable bonds is 6. The van der Waals surface area contributed by atoms with Gasteiger partial charge in [-0.2, -0.15) is 0 Å². The Balaban J connectivity index is 0.00000288. The third kappa shape index (κ3) is 5.98. The summed E-state index contributed by atoms with van der Waals surface area (Å²) in [7, 11) is 1.81. The summed E-state index contributed by atoms with van der Waals surface area (Å²) in [5.41, 5.74) is 0. The van der Waals surface area contributed by atoms with E-state index in [1.54, 1.807) is 9.80 Å². The molecular formula is C16H23ClFN3O3. The van der Waals surface area contributed by atoms with Crippen LogP contribution in [0.3, 0.4) is 0 Å². The molecule has 8 heteroatoms. The first-order valence-corrected chi connectivity index (χ1v) is 7.68. The summed E-state index contributed by atoms with van der Waals surface area (Å²) >= 11 is 0. The fourth-order valence-corrected chi connectivity index (χ4v) is 2.36. The highest BCUT2D eigenvalue weighted by Crippen LogP contribution is 2.11. The van der Waals surface area contributed by atoms with Crippen molar-refractivity contribution in [2.24, 2.45) is 0 Å². The number of hydrogen-bond donors (Lipinski definition) is 1. The molecule has 1 aromatic rings.